The predicted molar refractivity (Wildman–Crippen MR) is 56.3 cm³/mol. The van der Waals surface area contributed by atoms with Crippen molar-refractivity contribution in [1.29, 1.82) is 0 Å². The molecule has 0 aliphatic heterocycles. The molecule has 0 aliphatic rings. The van der Waals surface area contributed by atoms with Crippen LogP contribution in [0.2, 0.25) is 0 Å². The van der Waals surface area contributed by atoms with E-state index in [1.165, 1.54) is 38.5 Å². The van der Waals surface area contributed by atoms with Crippen molar-refractivity contribution in [3.63, 3.8) is 0 Å². The highest BCUT2D eigenvalue weighted by Gasteiger charge is 1.96. The lowest BCUT2D eigenvalue weighted by Gasteiger charge is -2.02. The molecule has 0 fully saturated rings. The van der Waals surface area contributed by atoms with E-state index < -0.39 is 0 Å². The van der Waals surface area contributed by atoms with Gasteiger partial charge in [0.2, 0.25) is 0 Å². The summed E-state index contributed by atoms with van der Waals surface area (Å²) in [7, 11) is 0. The highest BCUT2D eigenvalue weighted by Crippen LogP contribution is 2.12. The standard InChI is InChI=1S/C10H19Br/c1-3-5-6-7-8-9-10(11)4-2/h4,10H,2-3,5-9H2,1H3. The van der Waals surface area contributed by atoms with Crippen molar-refractivity contribution in [3.05, 3.63) is 12.7 Å². The van der Waals surface area contributed by atoms with Gasteiger partial charge in [-0.15, -0.1) is 6.58 Å². The summed E-state index contributed by atoms with van der Waals surface area (Å²) < 4.78 is 0. The van der Waals surface area contributed by atoms with Gasteiger partial charge in [0.15, 0.2) is 0 Å². The van der Waals surface area contributed by atoms with Crippen molar-refractivity contribution in [1.82, 2.24) is 0 Å². The largest absolute Gasteiger partial charge is 0.102 e. The Hall–Kier alpha value is 0.220. The second-order valence-electron chi connectivity index (χ2n) is 2.95. The van der Waals surface area contributed by atoms with Crippen LogP contribution < -0.4 is 0 Å². The van der Waals surface area contributed by atoms with Crippen molar-refractivity contribution >= 4 is 15.9 Å². The van der Waals surface area contributed by atoms with Gasteiger partial charge in [0.25, 0.3) is 0 Å². The molecular formula is C10H19Br. The third-order valence-corrected chi connectivity index (χ3v) is 2.67. The maximum absolute atomic E-state index is 3.73. The van der Waals surface area contributed by atoms with Crippen LogP contribution in [0.4, 0.5) is 0 Å². The van der Waals surface area contributed by atoms with Gasteiger partial charge in [-0.25, -0.2) is 0 Å². The van der Waals surface area contributed by atoms with Crippen molar-refractivity contribution in [2.75, 3.05) is 0 Å². The summed E-state index contributed by atoms with van der Waals surface area (Å²) >= 11 is 3.53. The SMILES string of the molecule is C=CC(Br)CCCCCCC. The molecule has 0 bridgehead atoms. The fourth-order valence-corrected chi connectivity index (χ4v) is 1.38. The summed E-state index contributed by atoms with van der Waals surface area (Å²) in [6, 6.07) is 0. The number of hydrogen-bond donors (Lipinski definition) is 0. The van der Waals surface area contributed by atoms with E-state index in [-0.39, 0.29) is 0 Å². The topological polar surface area (TPSA) is 0 Å². The minimum Gasteiger partial charge on any atom is -0.102 e. The first-order valence-corrected chi connectivity index (χ1v) is 5.49. The molecule has 0 N–H and O–H groups in total. The molecule has 11 heavy (non-hydrogen) atoms. The molecule has 0 aromatic heterocycles. The summed E-state index contributed by atoms with van der Waals surface area (Å²) in [4.78, 5) is 0.532. The Bertz CT molecular complexity index is 88.9. The number of allylic oxidation sites excluding steroid dienone is 1. The Morgan fingerprint density at radius 2 is 1.91 bits per heavy atom. The molecule has 0 radical (unpaired) electrons. The average molecular weight is 219 g/mol. The average Bonchev–Trinajstić information content (AvgIpc) is 2.04. The zero-order chi connectivity index (χ0) is 8.53. The zero-order valence-electron chi connectivity index (χ0n) is 7.48. The fourth-order valence-electron chi connectivity index (χ4n) is 1.06. The Kier molecular flexibility index (Phi) is 8.48. The molecule has 1 atom stereocenters. The number of rotatable bonds is 7. The van der Waals surface area contributed by atoms with E-state index in [1.807, 2.05) is 6.08 Å². The van der Waals surface area contributed by atoms with E-state index >= 15 is 0 Å². The van der Waals surface area contributed by atoms with Crippen LogP contribution in [0.15, 0.2) is 12.7 Å². The minimum atomic E-state index is 0.532. The normalized spacial score (nSPS) is 12.9. The van der Waals surface area contributed by atoms with Gasteiger partial charge >= 0.3 is 0 Å². The molecule has 0 aromatic carbocycles. The van der Waals surface area contributed by atoms with Gasteiger partial charge in [-0.2, -0.15) is 0 Å². The van der Waals surface area contributed by atoms with Gasteiger partial charge in [-0.3, -0.25) is 0 Å². The lowest BCUT2D eigenvalue weighted by molar-refractivity contribution is 0.616. The Morgan fingerprint density at radius 1 is 1.27 bits per heavy atom. The molecule has 0 amide bonds. The van der Waals surface area contributed by atoms with Gasteiger partial charge < -0.3 is 0 Å². The van der Waals surface area contributed by atoms with Crippen molar-refractivity contribution in [2.24, 2.45) is 0 Å². The number of halogens is 1. The fraction of sp³-hybridized carbons (Fsp3) is 0.800. The zero-order valence-corrected chi connectivity index (χ0v) is 9.07. The summed E-state index contributed by atoms with van der Waals surface area (Å²) in [5.74, 6) is 0. The van der Waals surface area contributed by atoms with Crippen molar-refractivity contribution < 1.29 is 0 Å². The van der Waals surface area contributed by atoms with E-state index in [4.69, 9.17) is 0 Å². The van der Waals surface area contributed by atoms with Crippen molar-refractivity contribution in [3.8, 4) is 0 Å². The number of unbranched alkanes of at least 4 members (excludes halogenated alkanes) is 4. The summed E-state index contributed by atoms with van der Waals surface area (Å²) in [6.45, 7) is 5.98. The molecule has 0 saturated heterocycles. The maximum atomic E-state index is 3.73. The Balaban J connectivity index is 2.95. The Labute approximate surface area is 79.2 Å². The lowest BCUT2D eigenvalue weighted by Crippen LogP contribution is -1.90. The first-order chi connectivity index (χ1) is 5.31. The molecule has 0 heterocycles. The van der Waals surface area contributed by atoms with Crippen LogP contribution in [0, 0.1) is 0 Å². The number of hydrogen-bond acceptors (Lipinski definition) is 0. The lowest BCUT2D eigenvalue weighted by atomic mass is 10.1. The molecule has 1 heteroatoms. The smallest absolute Gasteiger partial charge is 0.0322 e. The van der Waals surface area contributed by atoms with E-state index in [9.17, 15) is 0 Å². The van der Waals surface area contributed by atoms with E-state index in [2.05, 4.69) is 29.4 Å². The first-order valence-electron chi connectivity index (χ1n) is 4.58. The van der Waals surface area contributed by atoms with Crippen LogP contribution in [0.3, 0.4) is 0 Å². The van der Waals surface area contributed by atoms with Crippen LogP contribution >= 0.6 is 15.9 Å². The molecule has 0 aliphatic carbocycles. The van der Waals surface area contributed by atoms with E-state index in [1.54, 1.807) is 0 Å². The summed E-state index contributed by atoms with van der Waals surface area (Å²) in [6.07, 6.45) is 10.0. The van der Waals surface area contributed by atoms with Crippen molar-refractivity contribution in [2.45, 2.75) is 50.3 Å². The van der Waals surface area contributed by atoms with E-state index in [0.29, 0.717) is 4.83 Å². The van der Waals surface area contributed by atoms with Gasteiger partial charge in [0.05, 0.1) is 0 Å². The van der Waals surface area contributed by atoms with Crippen LogP contribution in [0.1, 0.15) is 45.4 Å². The monoisotopic (exact) mass is 218 g/mol. The quantitative estimate of drug-likeness (QED) is 0.340. The van der Waals surface area contributed by atoms with E-state index in [0.717, 1.165) is 0 Å². The van der Waals surface area contributed by atoms with Gasteiger partial charge in [-0.1, -0.05) is 61.0 Å². The van der Waals surface area contributed by atoms with Gasteiger partial charge in [-0.05, 0) is 6.42 Å². The number of alkyl halides is 1. The third-order valence-electron chi connectivity index (χ3n) is 1.84. The maximum Gasteiger partial charge on any atom is 0.0322 e. The molecule has 0 aromatic rings. The summed E-state index contributed by atoms with van der Waals surface area (Å²) in [5, 5.41) is 0. The Morgan fingerprint density at radius 3 is 2.45 bits per heavy atom. The highest BCUT2D eigenvalue weighted by molar-refractivity contribution is 9.09. The van der Waals surface area contributed by atoms with Gasteiger partial charge in [0, 0.05) is 4.83 Å². The second-order valence-corrected chi connectivity index (χ2v) is 4.13. The second kappa shape index (κ2) is 8.32. The highest BCUT2D eigenvalue weighted by atomic mass is 79.9. The minimum absolute atomic E-state index is 0.532. The first kappa shape index (κ1) is 11.2. The van der Waals surface area contributed by atoms with Crippen LogP contribution in [0.5, 0.6) is 0 Å². The third kappa shape index (κ3) is 8.12. The van der Waals surface area contributed by atoms with Crippen LogP contribution in [-0.2, 0) is 0 Å². The molecule has 0 nitrogen and oxygen atoms in total. The summed E-state index contributed by atoms with van der Waals surface area (Å²) in [5.41, 5.74) is 0. The molecular weight excluding hydrogens is 200 g/mol. The van der Waals surface area contributed by atoms with Gasteiger partial charge in [0.1, 0.15) is 0 Å². The predicted octanol–water partition coefficient (Wildman–Crippen LogP) is 4.30. The van der Waals surface area contributed by atoms with Crippen LogP contribution in [0.25, 0.3) is 0 Å². The molecule has 66 valence electrons. The molecule has 1 unspecified atom stereocenters. The molecule has 0 saturated carbocycles. The van der Waals surface area contributed by atoms with Crippen LogP contribution in [-0.4, -0.2) is 4.83 Å². The molecule has 0 spiro atoms. The molecule has 0 rings (SSSR count).